The first-order valence-electron chi connectivity index (χ1n) is 6.73. The van der Waals surface area contributed by atoms with Gasteiger partial charge in [0.25, 0.3) is 5.69 Å². The Morgan fingerprint density at radius 3 is 2.65 bits per heavy atom. The molecule has 0 radical (unpaired) electrons. The quantitative estimate of drug-likeness (QED) is 0.241. The van der Waals surface area contributed by atoms with Crippen molar-refractivity contribution < 1.29 is 14.5 Å². The molecule has 0 saturated carbocycles. The molecule has 0 aliphatic rings. The molecule has 120 valence electrons. The summed E-state index contributed by atoms with van der Waals surface area (Å²) in [6, 6.07) is 5.83. The normalized spacial score (nSPS) is 10.3. The van der Waals surface area contributed by atoms with Crippen molar-refractivity contribution in [3.8, 4) is 0 Å². The van der Waals surface area contributed by atoms with Crippen molar-refractivity contribution in [3.05, 3.63) is 56.5 Å². The maximum atomic E-state index is 12.9. The highest BCUT2D eigenvalue weighted by Gasteiger charge is 2.26. The summed E-state index contributed by atoms with van der Waals surface area (Å²) in [6.45, 7) is 1.89. The molecule has 1 N–H and O–H groups in total. The molecule has 23 heavy (non-hydrogen) atoms. The van der Waals surface area contributed by atoms with Gasteiger partial charge in [0, 0.05) is 6.07 Å². The second-order valence-electron chi connectivity index (χ2n) is 4.60. The largest absolute Gasteiger partial charge is 0.316 e. The third-order valence-electron chi connectivity index (χ3n) is 3.19. The molecule has 0 spiro atoms. The molecule has 0 unspecified atom stereocenters. The molecule has 2 rings (SSSR count). The first-order chi connectivity index (χ1) is 11.0. The third kappa shape index (κ3) is 3.75. The minimum Gasteiger partial charge on any atom is -0.316 e. The number of halogens is 1. The second-order valence-corrected chi connectivity index (χ2v) is 6.25. The van der Waals surface area contributed by atoms with Gasteiger partial charge < -0.3 is 5.32 Å². The van der Waals surface area contributed by atoms with Crippen LogP contribution < -0.4 is 5.32 Å². The van der Waals surface area contributed by atoms with Gasteiger partial charge in [-0.25, -0.2) is 0 Å². The van der Waals surface area contributed by atoms with Crippen molar-refractivity contribution in [2.45, 2.75) is 13.3 Å². The summed E-state index contributed by atoms with van der Waals surface area (Å²) < 4.78 is 0.260. The zero-order chi connectivity index (χ0) is 17.0. The smallest absolute Gasteiger partial charge is 0.280 e. The van der Waals surface area contributed by atoms with Crippen LogP contribution in [0.1, 0.15) is 28.4 Å². The number of nitro groups is 1. The number of hydrogen-bond donors (Lipinski definition) is 1. The number of rotatable bonds is 6. The van der Waals surface area contributed by atoms with E-state index in [9.17, 15) is 19.7 Å². The summed E-state index contributed by atoms with van der Waals surface area (Å²) in [5, 5.41) is 16.1. The fourth-order valence-corrected chi connectivity index (χ4v) is 3.36. The molecule has 2 aromatic rings. The second kappa shape index (κ2) is 7.64. The molecule has 6 nitrogen and oxygen atoms in total. The summed E-state index contributed by atoms with van der Waals surface area (Å²) in [4.78, 5) is 35.1. The van der Waals surface area contributed by atoms with Crippen LogP contribution in [0.15, 0.2) is 29.6 Å². The van der Waals surface area contributed by atoms with Gasteiger partial charge in [-0.2, -0.15) is 0 Å². The number of nitrogens with one attached hydrogen (secondary N) is 1. The number of nitro benzene ring substituents is 1. The fourth-order valence-electron chi connectivity index (χ4n) is 2.11. The number of carbonyl (C=O) groups is 2. The number of thiophene rings is 1. The first-order valence-corrected chi connectivity index (χ1v) is 9.14. The molecule has 0 fully saturated rings. The first kappa shape index (κ1) is 17.5. The number of anilines is 1. The lowest BCUT2D eigenvalue weighted by molar-refractivity contribution is -0.385. The monoisotopic (exact) mass is 444 g/mol. The number of alkyl halides is 1. The maximum Gasteiger partial charge on any atom is 0.280 e. The van der Waals surface area contributed by atoms with Gasteiger partial charge in [-0.3, -0.25) is 19.7 Å². The van der Waals surface area contributed by atoms with Gasteiger partial charge in [-0.1, -0.05) is 41.6 Å². The number of aryl methyl sites for hydroxylation is 1. The molecule has 1 amide bonds. The van der Waals surface area contributed by atoms with Crippen LogP contribution in [0.3, 0.4) is 0 Å². The Labute approximate surface area is 150 Å². The SMILES string of the molecule is CCc1csc(NC(=O)CI)c1C(=O)c1ccccc1[N+](=O)[O-]. The van der Waals surface area contributed by atoms with Gasteiger partial charge in [0.05, 0.1) is 14.9 Å². The maximum absolute atomic E-state index is 12.9. The summed E-state index contributed by atoms with van der Waals surface area (Å²) in [5.74, 6) is -0.661. The van der Waals surface area contributed by atoms with Crippen LogP contribution >= 0.6 is 33.9 Å². The van der Waals surface area contributed by atoms with Crippen molar-refractivity contribution in [2.75, 3.05) is 9.74 Å². The van der Waals surface area contributed by atoms with E-state index in [1.165, 1.54) is 29.5 Å². The Hall–Kier alpha value is -1.81. The van der Waals surface area contributed by atoms with E-state index in [0.717, 1.165) is 5.56 Å². The van der Waals surface area contributed by atoms with Gasteiger partial charge in [-0.15, -0.1) is 11.3 Å². The van der Waals surface area contributed by atoms with Crippen molar-refractivity contribution in [2.24, 2.45) is 0 Å². The molecular formula is C15H13IN2O4S. The Balaban J connectivity index is 2.53. The zero-order valence-electron chi connectivity index (χ0n) is 12.2. The van der Waals surface area contributed by atoms with Crippen LogP contribution in [0.2, 0.25) is 0 Å². The van der Waals surface area contributed by atoms with Crippen LogP contribution in [-0.4, -0.2) is 21.0 Å². The highest BCUT2D eigenvalue weighted by Crippen LogP contribution is 2.33. The molecular weight excluding hydrogens is 431 g/mol. The summed E-state index contributed by atoms with van der Waals surface area (Å²) >= 11 is 3.19. The zero-order valence-corrected chi connectivity index (χ0v) is 15.1. The van der Waals surface area contributed by atoms with Crippen LogP contribution in [0.5, 0.6) is 0 Å². The van der Waals surface area contributed by atoms with E-state index < -0.39 is 10.7 Å². The lowest BCUT2D eigenvalue weighted by atomic mass is 9.99. The highest BCUT2D eigenvalue weighted by atomic mass is 127. The van der Waals surface area contributed by atoms with Crippen molar-refractivity contribution in [1.82, 2.24) is 0 Å². The van der Waals surface area contributed by atoms with Gasteiger partial charge in [0.2, 0.25) is 11.7 Å². The van der Waals surface area contributed by atoms with E-state index in [-0.39, 0.29) is 21.6 Å². The lowest BCUT2D eigenvalue weighted by Gasteiger charge is -2.07. The molecule has 0 atom stereocenters. The average molecular weight is 444 g/mol. The Morgan fingerprint density at radius 1 is 1.35 bits per heavy atom. The Kier molecular flexibility index (Phi) is 5.83. The summed E-state index contributed by atoms with van der Waals surface area (Å²) in [6.07, 6.45) is 0.596. The number of nitrogens with zero attached hydrogens (tertiary/aromatic N) is 1. The number of hydrogen-bond acceptors (Lipinski definition) is 5. The van der Waals surface area contributed by atoms with Crippen molar-refractivity contribution in [3.63, 3.8) is 0 Å². The lowest BCUT2D eigenvalue weighted by Crippen LogP contribution is -2.15. The molecule has 1 aromatic carbocycles. The standard InChI is InChI=1S/C15H13IN2O4S/c1-2-9-8-23-15(17-12(19)7-16)13(9)14(20)10-5-3-4-6-11(10)18(21)22/h3-6,8H,2,7H2,1H3,(H,17,19). The van der Waals surface area contributed by atoms with Crippen LogP contribution in [0.4, 0.5) is 10.7 Å². The van der Waals surface area contributed by atoms with E-state index in [1.54, 1.807) is 11.4 Å². The number of ketones is 1. The fraction of sp³-hybridized carbons (Fsp3) is 0.200. The molecule has 0 aliphatic heterocycles. The molecule has 8 heteroatoms. The van der Waals surface area contributed by atoms with Crippen LogP contribution in [0.25, 0.3) is 0 Å². The van der Waals surface area contributed by atoms with E-state index in [2.05, 4.69) is 5.32 Å². The van der Waals surface area contributed by atoms with E-state index in [1.807, 2.05) is 29.5 Å². The van der Waals surface area contributed by atoms with Crippen molar-refractivity contribution in [1.29, 1.82) is 0 Å². The topological polar surface area (TPSA) is 89.3 Å². The van der Waals surface area contributed by atoms with E-state index in [0.29, 0.717) is 17.0 Å². The van der Waals surface area contributed by atoms with Gasteiger partial charge >= 0.3 is 0 Å². The van der Waals surface area contributed by atoms with Crippen LogP contribution in [0, 0.1) is 10.1 Å². The number of carbonyl (C=O) groups excluding carboxylic acids is 2. The van der Waals surface area contributed by atoms with E-state index in [4.69, 9.17) is 0 Å². The summed E-state index contributed by atoms with van der Waals surface area (Å²) in [7, 11) is 0. The molecule has 0 aliphatic carbocycles. The average Bonchev–Trinajstić information content (AvgIpc) is 2.96. The molecule has 0 saturated heterocycles. The van der Waals surface area contributed by atoms with Gasteiger partial charge in [-0.05, 0) is 23.4 Å². The number of para-hydroxylation sites is 1. The molecule has 1 aromatic heterocycles. The predicted octanol–water partition coefficient (Wildman–Crippen LogP) is 3.82. The minimum atomic E-state index is -0.575. The Bertz CT molecular complexity index is 773. The predicted molar refractivity (Wildman–Crippen MR) is 97.7 cm³/mol. The summed E-state index contributed by atoms with van der Waals surface area (Å²) in [5.41, 5.74) is 0.888. The molecule has 0 bridgehead atoms. The van der Waals surface area contributed by atoms with Crippen molar-refractivity contribution >= 4 is 56.3 Å². The third-order valence-corrected chi connectivity index (χ3v) is 4.83. The molecule has 1 heterocycles. The number of amides is 1. The van der Waals surface area contributed by atoms with Gasteiger partial charge in [0.15, 0.2) is 0 Å². The minimum absolute atomic E-state index is 0.0237. The van der Waals surface area contributed by atoms with Gasteiger partial charge in [0.1, 0.15) is 10.6 Å². The van der Waals surface area contributed by atoms with E-state index >= 15 is 0 Å². The highest BCUT2D eigenvalue weighted by molar-refractivity contribution is 14.1. The Morgan fingerprint density at radius 2 is 2.04 bits per heavy atom. The number of benzene rings is 1. The van der Waals surface area contributed by atoms with Crippen LogP contribution in [-0.2, 0) is 11.2 Å².